The first-order valence-electron chi connectivity index (χ1n) is 11.2. The Kier molecular flexibility index (Phi) is 6.40. The van der Waals surface area contributed by atoms with Crippen molar-refractivity contribution in [3.8, 4) is 11.1 Å². The molecule has 0 unspecified atom stereocenters. The number of likely N-dealkylation sites (tertiary alicyclic amines) is 1. The van der Waals surface area contributed by atoms with E-state index < -0.39 is 5.41 Å². The number of rotatable bonds is 6. The van der Waals surface area contributed by atoms with Gasteiger partial charge in [-0.25, -0.2) is 0 Å². The Hall–Kier alpha value is -3.40. The quantitative estimate of drug-likeness (QED) is 0.629. The molecule has 0 spiro atoms. The summed E-state index contributed by atoms with van der Waals surface area (Å²) in [5.74, 6) is -0.160. The number of piperidine rings is 1. The maximum absolute atomic E-state index is 12.7. The molecule has 0 aliphatic carbocycles. The third-order valence-corrected chi connectivity index (χ3v) is 6.64. The zero-order valence-electron chi connectivity index (χ0n) is 18.6. The summed E-state index contributed by atoms with van der Waals surface area (Å²) >= 11 is 0. The molecular weight excluding hydrogens is 396 g/mol. The first kappa shape index (κ1) is 21.8. The second-order valence-corrected chi connectivity index (χ2v) is 8.93. The Morgan fingerprint density at radius 2 is 1.53 bits per heavy atom. The lowest BCUT2D eigenvalue weighted by atomic mass is 9.73. The third kappa shape index (κ3) is 4.91. The standard InChI is InChI=1S/C28H30N2O2/c1-21-6-5-9-25(18-21)24-12-10-23(11-13-24)20-28(27(29)32)14-16-30(17-15-28)26(31)19-22-7-3-2-4-8-22/h2-13,18H,14-17,19-20H2,1H3,(H2,29,32). The van der Waals surface area contributed by atoms with Gasteiger partial charge in [0, 0.05) is 13.1 Å². The van der Waals surface area contributed by atoms with E-state index in [0.29, 0.717) is 38.8 Å². The van der Waals surface area contributed by atoms with Gasteiger partial charge in [-0.05, 0) is 48.4 Å². The molecule has 0 saturated carbocycles. The molecule has 1 aliphatic heterocycles. The lowest BCUT2D eigenvalue weighted by Gasteiger charge is -2.40. The monoisotopic (exact) mass is 426 g/mol. The third-order valence-electron chi connectivity index (χ3n) is 6.64. The second kappa shape index (κ2) is 9.39. The Balaban J connectivity index is 1.42. The van der Waals surface area contributed by atoms with Crippen molar-refractivity contribution in [3.63, 3.8) is 0 Å². The van der Waals surface area contributed by atoms with E-state index in [4.69, 9.17) is 5.73 Å². The van der Waals surface area contributed by atoms with Crippen molar-refractivity contribution in [2.75, 3.05) is 13.1 Å². The van der Waals surface area contributed by atoms with Gasteiger partial charge in [-0.15, -0.1) is 0 Å². The van der Waals surface area contributed by atoms with Gasteiger partial charge in [-0.2, -0.15) is 0 Å². The molecule has 32 heavy (non-hydrogen) atoms. The maximum atomic E-state index is 12.7. The Morgan fingerprint density at radius 3 is 2.16 bits per heavy atom. The topological polar surface area (TPSA) is 63.4 Å². The van der Waals surface area contributed by atoms with Crippen molar-refractivity contribution < 1.29 is 9.59 Å². The van der Waals surface area contributed by atoms with Crippen LogP contribution >= 0.6 is 0 Å². The molecule has 1 aliphatic rings. The van der Waals surface area contributed by atoms with Crippen molar-refractivity contribution in [3.05, 3.63) is 95.6 Å². The number of carbonyl (C=O) groups is 2. The Morgan fingerprint density at radius 1 is 0.844 bits per heavy atom. The van der Waals surface area contributed by atoms with Gasteiger partial charge < -0.3 is 10.6 Å². The Labute approximate surface area is 190 Å². The number of hydrogen-bond donors (Lipinski definition) is 1. The van der Waals surface area contributed by atoms with Crippen LogP contribution in [0.25, 0.3) is 11.1 Å². The maximum Gasteiger partial charge on any atom is 0.226 e. The summed E-state index contributed by atoms with van der Waals surface area (Å²) in [6.45, 7) is 3.22. The summed E-state index contributed by atoms with van der Waals surface area (Å²) in [5.41, 5.74) is 11.0. The molecule has 1 fully saturated rings. The molecule has 4 rings (SSSR count). The average Bonchev–Trinajstić information content (AvgIpc) is 2.80. The van der Waals surface area contributed by atoms with Gasteiger partial charge in [0.05, 0.1) is 11.8 Å². The SMILES string of the molecule is Cc1cccc(-c2ccc(CC3(C(N)=O)CCN(C(=O)Cc4ccccc4)CC3)cc2)c1. The molecule has 3 aromatic rings. The lowest BCUT2D eigenvalue weighted by Crippen LogP contribution is -2.50. The molecule has 4 nitrogen and oxygen atoms in total. The van der Waals surface area contributed by atoms with Crippen molar-refractivity contribution in [1.29, 1.82) is 0 Å². The minimum Gasteiger partial charge on any atom is -0.369 e. The van der Waals surface area contributed by atoms with Gasteiger partial charge in [0.15, 0.2) is 0 Å². The first-order valence-corrected chi connectivity index (χ1v) is 11.2. The molecule has 4 heteroatoms. The van der Waals surface area contributed by atoms with Crippen molar-refractivity contribution in [2.24, 2.45) is 11.1 Å². The van der Waals surface area contributed by atoms with Crippen molar-refractivity contribution in [2.45, 2.75) is 32.6 Å². The first-order chi connectivity index (χ1) is 15.4. The molecule has 0 radical (unpaired) electrons. The molecule has 164 valence electrons. The molecule has 0 atom stereocenters. The molecule has 0 bridgehead atoms. The van der Waals surface area contributed by atoms with E-state index in [2.05, 4.69) is 55.5 Å². The van der Waals surface area contributed by atoms with Crippen LogP contribution in [0.1, 0.15) is 29.5 Å². The van der Waals surface area contributed by atoms with E-state index in [1.54, 1.807) is 0 Å². The number of aryl methyl sites for hydroxylation is 1. The smallest absolute Gasteiger partial charge is 0.226 e. The number of hydrogen-bond acceptors (Lipinski definition) is 2. The lowest BCUT2D eigenvalue weighted by molar-refractivity contribution is -0.138. The van der Waals surface area contributed by atoms with Gasteiger partial charge in [0.25, 0.3) is 0 Å². The molecule has 2 amide bonds. The highest BCUT2D eigenvalue weighted by molar-refractivity contribution is 5.83. The molecule has 1 heterocycles. The highest BCUT2D eigenvalue weighted by atomic mass is 16.2. The van der Waals surface area contributed by atoms with Crippen LogP contribution in [0.5, 0.6) is 0 Å². The number of nitrogens with zero attached hydrogens (tertiary/aromatic N) is 1. The predicted octanol–water partition coefficient (Wildman–Crippen LogP) is 4.54. The highest BCUT2D eigenvalue weighted by Crippen LogP contribution is 2.36. The minimum absolute atomic E-state index is 0.108. The second-order valence-electron chi connectivity index (χ2n) is 8.93. The number of primary amides is 1. The van der Waals surface area contributed by atoms with E-state index in [0.717, 1.165) is 16.7 Å². The summed E-state index contributed by atoms with van der Waals surface area (Å²) in [6.07, 6.45) is 2.20. The van der Waals surface area contributed by atoms with Crippen LogP contribution < -0.4 is 5.73 Å². The van der Waals surface area contributed by atoms with E-state index >= 15 is 0 Å². The summed E-state index contributed by atoms with van der Waals surface area (Å²) < 4.78 is 0. The van der Waals surface area contributed by atoms with Crippen LogP contribution in [0.3, 0.4) is 0 Å². The summed E-state index contributed by atoms with van der Waals surface area (Å²) in [4.78, 5) is 27.1. The zero-order valence-corrected chi connectivity index (χ0v) is 18.6. The largest absolute Gasteiger partial charge is 0.369 e. The number of amides is 2. The summed E-state index contributed by atoms with van der Waals surface area (Å²) in [6, 6.07) is 26.6. The molecule has 0 aromatic heterocycles. The zero-order chi connectivity index (χ0) is 22.6. The minimum atomic E-state index is -0.603. The average molecular weight is 427 g/mol. The fourth-order valence-corrected chi connectivity index (χ4v) is 4.61. The Bertz CT molecular complexity index is 1080. The van der Waals surface area contributed by atoms with Crippen molar-refractivity contribution in [1.82, 2.24) is 4.90 Å². The normalized spacial score (nSPS) is 15.3. The number of carbonyl (C=O) groups excluding carboxylic acids is 2. The van der Waals surface area contributed by atoms with E-state index in [9.17, 15) is 9.59 Å². The number of nitrogens with two attached hydrogens (primary N) is 1. The molecule has 3 aromatic carbocycles. The van der Waals surface area contributed by atoms with Crippen LogP contribution in [0.4, 0.5) is 0 Å². The molecule has 2 N–H and O–H groups in total. The highest BCUT2D eigenvalue weighted by Gasteiger charge is 2.40. The van der Waals surface area contributed by atoms with E-state index in [1.807, 2.05) is 35.2 Å². The summed E-state index contributed by atoms with van der Waals surface area (Å²) in [5, 5.41) is 0. The van der Waals surface area contributed by atoms with Gasteiger partial charge in [-0.1, -0.05) is 84.4 Å². The van der Waals surface area contributed by atoms with Crippen LogP contribution in [0, 0.1) is 12.3 Å². The van der Waals surface area contributed by atoms with Gasteiger partial charge >= 0.3 is 0 Å². The van der Waals surface area contributed by atoms with Crippen LogP contribution in [0.2, 0.25) is 0 Å². The van der Waals surface area contributed by atoms with Gasteiger partial charge in [0.1, 0.15) is 0 Å². The van der Waals surface area contributed by atoms with Crippen LogP contribution in [-0.4, -0.2) is 29.8 Å². The fraction of sp³-hybridized carbons (Fsp3) is 0.286. The van der Waals surface area contributed by atoms with Crippen LogP contribution in [-0.2, 0) is 22.4 Å². The van der Waals surface area contributed by atoms with Crippen molar-refractivity contribution >= 4 is 11.8 Å². The predicted molar refractivity (Wildman–Crippen MR) is 128 cm³/mol. The molecule has 1 saturated heterocycles. The molecular formula is C28H30N2O2. The number of benzene rings is 3. The summed E-state index contributed by atoms with van der Waals surface area (Å²) in [7, 11) is 0. The van der Waals surface area contributed by atoms with E-state index in [-0.39, 0.29) is 11.8 Å². The van der Waals surface area contributed by atoms with Gasteiger partial charge in [0.2, 0.25) is 11.8 Å². The van der Waals surface area contributed by atoms with Gasteiger partial charge in [-0.3, -0.25) is 9.59 Å². The van der Waals surface area contributed by atoms with E-state index in [1.165, 1.54) is 11.1 Å². The van der Waals surface area contributed by atoms with Crippen LogP contribution in [0.15, 0.2) is 78.9 Å². The fourth-order valence-electron chi connectivity index (χ4n) is 4.61.